The highest BCUT2D eigenvalue weighted by Crippen LogP contribution is 2.34. The quantitative estimate of drug-likeness (QED) is 0.806. The van der Waals surface area contributed by atoms with Crippen LogP contribution in [-0.4, -0.2) is 11.9 Å². The lowest BCUT2D eigenvalue weighted by molar-refractivity contribution is 0.0965. The predicted octanol–water partition coefficient (Wildman–Crippen LogP) is 4.55. The second-order valence-corrected chi connectivity index (χ2v) is 6.24. The van der Waals surface area contributed by atoms with Gasteiger partial charge in [-0.2, -0.15) is 0 Å². The van der Waals surface area contributed by atoms with Crippen LogP contribution in [0.25, 0.3) is 0 Å². The molecule has 0 spiro atoms. The van der Waals surface area contributed by atoms with Gasteiger partial charge in [0.05, 0.1) is 6.10 Å². The van der Waals surface area contributed by atoms with E-state index in [1.54, 1.807) is 0 Å². The van der Waals surface area contributed by atoms with Gasteiger partial charge >= 0.3 is 0 Å². The highest BCUT2D eigenvalue weighted by Gasteiger charge is 2.25. The maximum atomic E-state index is 12.0. The average Bonchev–Trinajstić information content (AvgIpc) is 2.49. The SMILES string of the molecule is CCC1CCCC(Oc2cccc3c2CCCC3=O)C1. The first kappa shape index (κ1) is 13.7. The molecule has 1 saturated carbocycles. The van der Waals surface area contributed by atoms with E-state index in [0.717, 1.165) is 42.1 Å². The molecule has 1 aromatic carbocycles. The summed E-state index contributed by atoms with van der Waals surface area (Å²) in [5.74, 6) is 2.07. The number of benzene rings is 1. The van der Waals surface area contributed by atoms with Gasteiger partial charge in [-0.15, -0.1) is 0 Å². The van der Waals surface area contributed by atoms with Crippen molar-refractivity contribution in [2.45, 2.75) is 64.4 Å². The van der Waals surface area contributed by atoms with Crippen LogP contribution in [0.3, 0.4) is 0 Å². The largest absolute Gasteiger partial charge is 0.490 e. The van der Waals surface area contributed by atoms with Crippen molar-refractivity contribution in [1.29, 1.82) is 0 Å². The van der Waals surface area contributed by atoms with E-state index >= 15 is 0 Å². The maximum Gasteiger partial charge on any atom is 0.163 e. The van der Waals surface area contributed by atoms with Crippen LogP contribution in [0.4, 0.5) is 0 Å². The Balaban J connectivity index is 1.77. The molecule has 20 heavy (non-hydrogen) atoms. The van der Waals surface area contributed by atoms with Gasteiger partial charge in [0, 0.05) is 17.5 Å². The fourth-order valence-corrected chi connectivity index (χ4v) is 3.65. The first-order valence-corrected chi connectivity index (χ1v) is 8.09. The van der Waals surface area contributed by atoms with E-state index in [4.69, 9.17) is 4.74 Å². The van der Waals surface area contributed by atoms with Crippen molar-refractivity contribution < 1.29 is 9.53 Å². The molecule has 0 bridgehead atoms. The maximum absolute atomic E-state index is 12.0. The Morgan fingerprint density at radius 3 is 2.95 bits per heavy atom. The van der Waals surface area contributed by atoms with Crippen LogP contribution in [0.2, 0.25) is 0 Å². The third-order valence-corrected chi connectivity index (χ3v) is 4.87. The van der Waals surface area contributed by atoms with E-state index in [-0.39, 0.29) is 5.78 Å². The van der Waals surface area contributed by atoms with Gasteiger partial charge in [0.1, 0.15) is 5.75 Å². The van der Waals surface area contributed by atoms with Gasteiger partial charge in [0.15, 0.2) is 5.78 Å². The van der Waals surface area contributed by atoms with Crippen LogP contribution in [0, 0.1) is 5.92 Å². The minimum Gasteiger partial charge on any atom is -0.490 e. The Labute approximate surface area is 121 Å². The number of rotatable bonds is 3. The third kappa shape index (κ3) is 2.74. The van der Waals surface area contributed by atoms with E-state index in [2.05, 4.69) is 6.92 Å². The molecule has 2 atom stereocenters. The van der Waals surface area contributed by atoms with Crippen LogP contribution in [0.15, 0.2) is 18.2 Å². The molecule has 0 heterocycles. The standard InChI is InChI=1S/C18H24O2/c1-2-13-6-3-7-14(12-13)20-18-11-5-8-15-16(18)9-4-10-17(15)19/h5,8,11,13-14H,2-4,6-7,9-10,12H2,1H3. The zero-order valence-electron chi connectivity index (χ0n) is 12.4. The van der Waals surface area contributed by atoms with Crippen molar-refractivity contribution >= 4 is 5.78 Å². The molecule has 0 N–H and O–H groups in total. The summed E-state index contributed by atoms with van der Waals surface area (Å²) in [7, 11) is 0. The lowest BCUT2D eigenvalue weighted by Crippen LogP contribution is -2.26. The summed E-state index contributed by atoms with van der Waals surface area (Å²) in [5, 5.41) is 0. The molecule has 0 aromatic heterocycles. The van der Waals surface area contributed by atoms with Gasteiger partial charge in [0.25, 0.3) is 0 Å². The zero-order chi connectivity index (χ0) is 13.9. The normalized spacial score (nSPS) is 26.1. The fraction of sp³-hybridized carbons (Fsp3) is 0.611. The van der Waals surface area contributed by atoms with Gasteiger partial charge in [0.2, 0.25) is 0 Å². The van der Waals surface area contributed by atoms with Crippen molar-refractivity contribution in [3.05, 3.63) is 29.3 Å². The summed E-state index contributed by atoms with van der Waals surface area (Å²) in [5.41, 5.74) is 2.05. The third-order valence-electron chi connectivity index (χ3n) is 4.87. The highest BCUT2D eigenvalue weighted by molar-refractivity contribution is 5.99. The topological polar surface area (TPSA) is 26.3 Å². The van der Waals surface area contributed by atoms with Crippen LogP contribution in [0.1, 0.15) is 67.8 Å². The van der Waals surface area contributed by atoms with Crippen molar-refractivity contribution in [3.63, 3.8) is 0 Å². The molecule has 108 valence electrons. The molecule has 2 aliphatic carbocycles. The molecule has 1 aromatic rings. The summed E-state index contributed by atoms with van der Waals surface area (Å²) in [6.07, 6.45) is 9.21. The number of hydrogen-bond acceptors (Lipinski definition) is 2. The molecule has 2 heteroatoms. The fourth-order valence-electron chi connectivity index (χ4n) is 3.65. The Kier molecular flexibility index (Phi) is 4.09. The summed E-state index contributed by atoms with van der Waals surface area (Å²) in [4.78, 5) is 12.0. The second kappa shape index (κ2) is 5.99. The highest BCUT2D eigenvalue weighted by atomic mass is 16.5. The first-order chi connectivity index (χ1) is 9.78. The molecule has 0 aliphatic heterocycles. The number of Topliss-reactive ketones (excluding diaryl/α,β-unsaturated/α-hetero) is 1. The Morgan fingerprint density at radius 1 is 1.20 bits per heavy atom. The van der Waals surface area contributed by atoms with E-state index < -0.39 is 0 Å². The van der Waals surface area contributed by atoms with Crippen LogP contribution >= 0.6 is 0 Å². The Morgan fingerprint density at radius 2 is 2.10 bits per heavy atom. The number of carbonyl (C=O) groups excluding carboxylic acids is 1. The van der Waals surface area contributed by atoms with Gasteiger partial charge in [-0.3, -0.25) is 4.79 Å². The number of ether oxygens (including phenoxy) is 1. The molecular weight excluding hydrogens is 248 g/mol. The monoisotopic (exact) mass is 272 g/mol. The predicted molar refractivity (Wildman–Crippen MR) is 80.4 cm³/mol. The van der Waals surface area contributed by atoms with Crippen molar-refractivity contribution in [1.82, 2.24) is 0 Å². The van der Waals surface area contributed by atoms with E-state index in [1.807, 2.05) is 18.2 Å². The average molecular weight is 272 g/mol. The van der Waals surface area contributed by atoms with E-state index in [1.165, 1.54) is 25.7 Å². The lowest BCUT2D eigenvalue weighted by Gasteiger charge is -2.30. The molecule has 0 amide bonds. The smallest absolute Gasteiger partial charge is 0.163 e. The van der Waals surface area contributed by atoms with Crippen LogP contribution in [-0.2, 0) is 6.42 Å². The first-order valence-electron chi connectivity index (χ1n) is 8.09. The molecule has 2 unspecified atom stereocenters. The minimum absolute atomic E-state index is 0.284. The molecule has 0 radical (unpaired) electrons. The van der Waals surface area contributed by atoms with Crippen molar-refractivity contribution in [2.75, 3.05) is 0 Å². The van der Waals surface area contributed by atoms with Gasteiger partial charge in [-0.25, -0.2) is 0 Å². The molecule has 2 aliphatic rings. The lowest BCUT2D eigenvalue weighted by atomic mass is 9.85. The second-order valence-electron chi connectivity index (χ2n) is 6.24. The molecular formula is C18H24O2. The number of carbonyl (C=O) groups is 1. The van der Waals surface area contributed by atoms with Crippen molar-refractivity contribution in [3.8, 4) is 5.75 Å². The number of fused-ring (bicyclic) bond motifs is 1. The molecule has 1 fully saturated rings. The minimum atomic E-state index is 0.284. The van der Waals surface area contributed by atoms with Gasteiger partial charge in [-0.05, 0) is 44.1 Å². The van der Waals surface area contributed by atoms with E-state index in [0.29, 0.717) is 12.5 Å². The van der Waals surface area contributed by atoms with Gasteiger partial charge < -0.3 is 4.74 Å². The molecule has 3 rings (SSSR count). The number of hydrogen-bond donors (Lipinski definition) is 0. The van der Waals surface area contributed by atoms with Crippen molar-refractivity contribution in [2.24, 2.45) is 5.92 Å². The summed E-state index contributed by atoms with van der Waals surface area (Å²) in [6.45, 7) is 2.27. The van der Waals surface area contributed by atoms with Gasteiger partial charge in [-0.1, -0.05) is 31.9 Å². The summed E-state index contributed by atoms with van der Waals surface area (Å²) >= 11 is 0. The Bertz CT molecular complexity index is 492. The molecule has 2 nitrogen and oxygen atoms in total. The summed E-state index contributed by atoms with van der Waals surface area (Å²) in [6, 6.07) is 5.98. The summed E-state index contributed by atoms with van der Waals surface area (Å²) < 4.78 is 6.28. The zero-order valence-corrected chi connectivity index (χ0v) is 12.4. The van der Waals surface area contributed by atoms with Crippen LogP contribution < -0.4 is 4.74 Å². The Hall–Kier alpha value is -1.31. The van der Waals surface area contributed by atoms with E-state index in [9.17, 15) is 4.79 Å². The van der Waals surface area contributed by atoms with Crippen LogP contribution in [0.5, 0.6) is 5.75 Å². The molecule has 0 saturated heterocycles. The number of ketones is 1.